The number of anilines is 1. The molecule has 2 atom stereocenters. The van der Waals surface area contributed by atoms with Crippen LogP contribution in [0.4, 0.5) is 10.6 Å². The molecule has 1 aromatic heterocycles. The van der Waals surface area contributed by atoms with E-state index in [1.54, 1.807) is 0 Å². The highest BCUT2D eigenvalue weighted by Crippen LogP contribution is 2.36. The van der Waals surface area contributed by atoms with Gasteiger partial charge in [0, 0.05) is 24.8 Å². The van der Waals surface area contributed by atoms with Crippen LogP contribution in [0.5, 0.6) is 0 Å². The molecule has 1 fully saturated rings. The highest BCUT2D eigenvalue weighted by atomic mass is 16.4. The standard InChI is InChI=1S/C15H21N3O2/c1-4-13-9(2)5-11-6-12-8-17(15(19)20)7-10(3)18(12)14(11)16-13/h5,10,12H,4,6-8H2,1-3H3,(H,19,20)/t10-,12-/m1/s1. The summed E-state index contributed by atoms with van der Waals surface area (Å²) < 4.78 is 0. The molecule has 3 heterocycles. The molecular formula is C15H21N3O2. The molecule has 0 saturated carbocycles. The Hall–Kier alpha value is -1.78. The zero-order chi connectivity index (χ0) is 14.4. The molecule has 5 heteroatoms. The van der Waals surface area contributed by atoms with Crippen molar-refractivity contribution in [1.82, 2.24) is 9.88 Å². The molecule has 20 heavy (non-hydrogen) atoms. The van der Waals surface area contributed by atoms with E-state index in [4.69, 9.17) is 4.98 Å². The first kappa shape index (κ1) is 13.2. The summed E-state index contributed by atoms with van der Waals surface area (Å²) in [6.07, 6.45) is 1.03. The van der Waals surface area contributed by atoms with Crippen molar-refractivity contribution >= 4 is 11.9 Å². The minimum Gasteiger partial charge on any atom is -0.465 e. The first-order chi connectivity index (χ1) is 9.51. The number of carbonyl (C=O) groups is 1. The van der Waals surface area contributed by atoms with Gasteiger partial charge in [-0.3, -0.25) is 0 Å². The molecule has 1 aromatic rings. The van der Waals surface area contributed by atoms with Gasteiger partial charge in [0.2, 0.25) is 0 Å². The van der Waals surface area contributed by atoms with E-state index < -0.39 is 6.09 Å². The summed E-state index contributed by atoms with van der Waals surface area (Å²) >= 11 is 0. The van der Waals surface area contributed by atoms with E-state index >= 15 is 0 Å². The summed E-state index contributed by atoms with van der Waals surface area (Å²) in [6.45, 7) is 7.46. The smallest absolute Gasteiger partial charge is 0.407 e. The fourth-order valence-electron chi connectivity index (χ4n) is 3.57. The average molecular weight is 275 g/mol. The number of pyridine rings is 1. The molecule has 0 spiro atoms. The van der Waals surface area contributed by atoms with Crippen molar-refractivity contribution in [2.24, 2.45) is 0 Å². The molecule has 1 N–H and O–H groups in total. The lowest BCUT2D eigenvalue weighted by Crippen LogP contribution is -2.58. The number of aryl methyl sites for hydroxylation is 2. The maximum atomic E-state index is 11.2. The lowest BCUT2D eigenvalue weighted by Gasteiger charge is -2.42. The number of aromatic nitrogens is 1. The summed E-state index contributed by atoms with van der Waals surface area (Å²) in [7, 11) is 0. The summed E-state index contributed by atoms with van der Waals surface area (Å²) in [5, 5.41) is 9.21. The summed E-state index contributed by atoms with van der Waals surface area (Å²) in [5.41, 5.74) is 3.66. The topological polar surface area (TPSA) is 56.7 Å². The number of fused-ring (bicyclic) bond motifs is 3. The van der Waals surface area contributed by atoms with Crippen LogP contribution in [-0.2, 0) is 12.8 Å². The minimum absolute atomic E-state index is 0.186. The molecule has 2 aliphatic heterocycles. The maximum absolute atomic E-state index is 11.2. The van der Waals surface area contributed by atoms with Crippen LogP contribution in [0.15, 0.2) is 6.07 Å². The van der Waals surface area contributed by atoms with Crippen molar-refractivity contribution in [2.45, 2.75) is 45.7 Å². The van der Waals surface area contributed by atoms with E-state index in [0.29, 0.717) is 13.1 Å². The van der Waals surface area contributed by atoms with Crippen molar-refractivity contribution in [2.75, 3.05) is 18.0 Å². The number of nitrogens with zero attached hydrogens (tertiary/aromatic N) is 3. The number of hydrogen-bond donors (Lipinski definition) is 1. The van der Waals surface area contributed by atoms with Crippen LogP contribution in [0, 0.1) is 6.92 Å². The second-order valence-corrected chi connectivity index (χ2v) is 5.89. The van der Waals surface area contributed by atoms with Crippen LogP contribution < -0.4 is 4.90 Å². The molecule has 1 amide bonds. The first-order valence-electron chi connectivity index (χ1n) is 7.26. The number of amides is 1. The van der Waals surface area contributed by atoms with Crippen molar-refractivity contribution in [3.05, 3.63) is 22.9 Å². The molecule has 0 aromatic carbocycles. The van der Waals surface area contributed by atoms with Crippen LogP contribution in [0.3, 0.4) is 0 Å². The Morgan fingerprint density at radius 2 is 2.25 bits per heavy atom. The third-order valence-corrected chi connectivity index (χ3v) is 4.46. The van der Waals surface area contributed by atoms with E-state index in [1.165, 1.54) is 16.0 Å². The fourth-order valence-corrected chi connectivity index (χ4v) is 3.57. The summed E-state index contributed by atoms with van der Waals surface area (Å²) in [6, 6.07) is 2.66. The van der Waals surface area contributed by atoms with E-state index in [1.807, 2.05) is 0 Å². The molecule has 1 saturated heterocycles. The normalized spacial score (nSPS) is 24.6. The van der Waals surface area contributed by atoms with E-state index in [9.17, 15) is 9.90 Å². The van der Waals surface area contributed by atoms with Gasteiger partial charge in [-0.05, 0) is 37.8 Å². The van der Waals surface area contributed by atoms with E-state index in [2.05, 4.69) is 31.7 Å². The Kier molecular flexibility index (Phi) is 3.07. The molecular weight excluding hydrogens is 254 g/mol. The number of rotatable bonds is 1. The minimum atomic E-state index is -0.814. The highest BCUT2D eigenvalue weighted by molar-refractivity contribution is 5.67. The molecule has 5 nitrogen and oxygen atoms in total. The Labute approximate surface area is 119 Å². The molecule has 108 valence electrons. The van der Waals surface area contributed by atoms with Crippen LogP contribution >= 0.6 is 0 Å². The third kappa shape index (κ3) is 1.92. The maximum Gasteiger partial charge on any atom is 0.407 e. The van der Waals surface area contributed by atoms with Crippen molar-refractivity contribution < 1.29 is 9.90 Å². The monoisotopic (exact) mass is 275 g/mol. The zero-order valence-corrected chi connectivity index (χ0v) is 12.3. The molecule has 0 radical (unpaired) electrons. The Morgan fingerprint density at radius 1 is 1.50 bits per heavy atom. The second-order valence-electron chi connectivity index (χ2n) is 5.89. The van der Waals surface area contributed by atoms with Gasteiger partial charge in [0.25, 0.3) is 0 Å². The SMILES string of the molecule is CCc1nc2c(cc1C)C[C@@H]1CN(C(=O)O)C[C@@H](C)N21. The zero-order valence-electron chi connectivity index (χ0n) is 12.3. The molecule has 2 aliphatic rings. The van der Waals surface area contributed by atoms with E-state index in [-0.39, 0.29) is 12.1 Å². The number of piperazine rings is 1. The molecule has 3 rings (SSSR count). The predicted molar refractivity (Wildman–Crippen MR) is 77.4 cm³/mol. The van der Waals surface area contributed by atoms with Gasteiger partial charge < -0.3 is 14.9 Å². The van der Waals surface area contributed by atoms with Crippen molar-refractivity contribution in [3.63, 3.8) is 0 Å². The van der Waals surface area contributed by atoms with Gasteiger partial charge in [0.1, 0.15) is 5.82 Å². The average Bonchev–Trinajstić information content (AvgIpc) is 2.74. The van der Waals surface area contributed by atoms with Gasteiger partial charge in [-0.25, -0.2) is 9.78 Å². The first-order valence-corrected chi connectivity index (χ1v) is 7.26. The Bertz CT molecular complexity index is 558. The second kappa shape index (κ2) is 4.65. The quantitative estimate of drug-likeness (QED) is 0.852. The van der Waals surface area contributed by atoms with E-state index in [0.717, 1.165) is 24.4 Å². The van der Waals surface area contributed by atoms with Gasteiger partial charge in [0.15, 0.2) is 0 Å². The van der Waals surface area contributed by atoms with Gasteiger partial charge in [-0.15, -0.1) is 0 Å². The Morgan fingerprint density at radius 3 is 2.90 bits per heavy atom. The van der Waals surface area contributed by atoms with Gasteiger partial charge >= 0.3 is 6.09 Å². The molecule has 0 aliphatic carbocycles. The lowest BCUT2D eigenvalue weighted by molar-refractivity contribution is 0.128. The molecule has 0 bridgehead atoms. The van der Waals surface area contributed by atoms with Crippen LogP contribution in [0.25, 0.3) is 0 Å². The van der Waals surface area contributed by atoms with Crippen LogP contribution in [-0.4, -0.2) is 46.3 Å². The lowest BCUT2D eigenvalue weighted by atomic mass is 10.1. The third-order valence-electron chi connectivity index (χ3n) is 4.46. The van der Waals surface area contributed by atoms with Crippen molar-refractivity contribution in [3.8, 4) is 0 Å². The van der Waals surface area contributed by atoms with Crippen LogP contribution in [0.1, 0.15) is 30.7 Å². The predicted octanol–water partition coefficient (Wildman–Crippen LogP) is 2.07. The van der Waals surface area contributed by atoms with Crippen molar-refractivity contribution in [1.29, 1.82) is 0 Å². The summed E-state index contributed by atoms with van der Waals surface area (Å²) in [4.78, 5) is 19.9. The van der Waals surface area contributed by atoms with Crippen LogP contribution in [0.2, 0.25) is 0 Å². The largest absolute Gasteiger partial charge is 0.465 e. The number of carboxylic acid groups (broad SMARTS) is 1. The van der Waals surface area contributed by atoms with Gasteiger partial charge in [0.05, 0.1) is 6.04 Å². The molecule has 0 unspecified atom stereocenters. The van der Waals surface area contributed by atoms with Gasteiger partial charge in [-0.1, -0.05) is 13.0 Å². The summed E-state index contributed by atoms with van der Waals surface area (Å²) in [5.74, 6) is 1.08. The Balaban J connectivity index is 1.96. The fraction of sp³-hybridized carbons (Fsp3) is 0.600. The highest BCUT2D eigenvalue weighted by Gasteiger charge is 2.40. The number of hydrogen-bond acceptors (Lipinski definition) is 3. The van der Waals surface area contributed by atoms with Gasteiger partial charge in [-0.2, -0.15) is 0 Å².